The molecule has 0 atom stereocenters. The number of hydrogen-bond acceptors (Lipinski definition) is 4. The second-order valence-corrected chi connectivity index (χ2v) is 5.36. The quantitative estimate of drug-likeness (QED) is 0.873. The number of H-pyrrole nitrogens is 1. The Kier molecular flexibility index (Phi) is 3.04. The van der Waals surface area contributed by atoms with Crippen LogP contribution in [0.5, 0.6) is 0 Å². The zero-order valence-electron chi connectivity index (χ0n) is 9.51. The molecule has 0 saturated heterocycles. The summed E-state index contributed by atoms with van der Waals surface area (Å²) in [6, 6.07) is 6.33. The normalized spacial score (nSPS) is 10.9. The van der Waals surface area contributed by atoms with Gasteiger partial charge in [0, 0.05) is 6.20 Å². The van der Waals surface area contributed by atoms with Crippen LogP contribution in [-0.4, -0.2) is 18.6 Å². The number of anilines is 1. The minimum atomic E-state index is -3.65. The van der Waals surface area contributed by atoms with E-state index < -0.39 is 10.0 Å². The van der Waals surface area contributed by atoms with Gasteiger partial charge in [-0.25, -0.2) is 8.42 Å². The van der Waals surface area contributed by atoms with Gasteiger partial charge in [0.05, 0.1) is 28.4 Å². The summed E-state index contributed by atoms with van der Waals surface area (Å²) in [6.45, 7) is 1.69. The maximum Gasteiger partial charge on any atom is 0.262 e. The topological polar surface area (TPSA) is 98.6 Å². The van der Waals surface area contributed by atoms with Gasteiger partial charge in [-0.15, -0.1) is 0 Å². The lowest BCUT2D eigenvalue weighted by atomic mass is 10.1. The number of nitriles is 1. The fourth-order valence-electron chi connectivity index (χ4n) is 1.45. The number of aromatic amines is 1. The lowest BCUT2D eigenvalue weighted by Crippen LogP contribution is -2.12. The van der Waals surface area contributed by atoms with Crippen molar-refractivity contribution in [3.05, 3.63) is 41.7 Å². The second-order valence-electron chi connectivity index (χ2n) is 3.68. The molecule has 6 nitrogen and oxygen atoms in total. The van der Waals surface area contributed by atoms with Gasteiger partial charge >= 0.3 is 0 Å². The lowest BCUT2D eigenvalue weighted by molar-refractivity contribution is 0.601. The van der Waals surface area contributed by atoms with Crippen LogP contribution in [0, 0.1) is 18.3 Å². The van der Waals surface area contributed by atoms with Gasteiger partial charge < -0.3 is 0 Å². The molecule has 0 radical (unpaired) electrons. The molecule has 92 valence electrons. The molecule has 0 unspecified atom stereocenters. The highest BCUT2D eigenvalue weighted by atomic mass is 32.2. The smallest absolute Gasteiger partial charge is 0.262 e. The number of rotatable bonds is 3. The molecular weight excluding hydrogens is 252 g/mol. The van der Waals surface area contributed by atoms with Crippen LogP contribution in [0.3, 0.4) is 0 Å². The molecule has 0 spiro atoms. The standard InChI is InChI=1S/C11H10N4O2S/c1-8-4-11(3-2-9(8)5-12)18(16,17)15-10-6-13-14-7-10/h2-4,6-7,15H,1H3,(H,13,14). The number of nitrogens with zero attached hydrogens (tertiary/aromatic N) is 2. The van der Waals surface area contributed by atoms with Crippen molar-refractivity contribution in [1.82, 2.24) is 10.2 Å². The van der Waals surface area contributed by atoms with Crippen molar-refractivity contribution in [2.75, 3.05) is 4.72 Å². The fraction of sp³-hybridized carbons (Fsp3) is 0.0909. The number of hydrogen-bond donors (Lipinski definition) is 2. The number of aromatic nitrogens is 2. The van der Waals surface area contributed by atoms with E-state index in [1.165, 1.54) is 30.6 Å². The van der Waals surface area contributed by atoms with E-state index in [0.717, 1.165) is 0 Å². The molecule has 0 amide bonds. The minimum Gasteiger partial charge on any atom is -0.284 e. The van der Waals surface area contributed by atoms with Crippen molar-refractivity contribution in [1.29, 1.82) is 5.26 Å². The molecule has 0 saturated carbocycles. The Labute approximate surface area is 104 Å². The molecule has 0 aliphatic rings. The zero-order chi connectivity index (χ0) is 13.2. The molecule has 0 bridgehead atoms. The Bertz CT molecular complexity index is 699. The van der Waals surface area contributed by atoms with Crippen molar-refractivity contribution in [3.63, 3.8) is 0 Å². The molecule has 0 aliphatic carbocycles. The van der Waals surface area contributed by atoms with Crippen LogP contribution >= 0.6 is 0 Å². The largest absolute Gasteiger partial charge is 0.284 e. The van der Waals surface area contributed by atoms with Crippen molar-refractivity contribution >= 4 is 15.7 Å². The lowest BCUT2D eigenvalue weighted by Gasteiger charge is -2.07. The Morgan fingerprint density at radius 2 is 2.22 bits per heavy atom. The molecule has 0 aliphatic heterocycles. The van der Waals surface area contributed by atoms with Gasteiger partial charge in [-0.05, 0) is 30.7 Å². The molecular formula is C11H10N4O2S. The van der Waals surface area contributed by atoms with E-state index >= 15 is 0 Å². The molecule has 2 N–H and O–H groups in total. The van der Waals surface area contributed by atoms with Crippen molar-refractivity contribution < 1.29 is 8.42 Å². The van der Waals surface area contributed by atoms with E-state index in [1.807, 2.05) is 6.07 Å². The maximum atomic E-state index is 12.0. The summed E-state index contributed by atoms with van der Waals surface area (Å²) in [6.07, 6.45) is 2.81. The first-order valence-electron chi connectivity index (χ1n) is 5.05. The van der Waals surface area contributed by atoms with E-state index in [2.05, 4.69) is 14.9 Å². The van der Waals surface area contributed by atoms with Gasteiger partial charge in [0.15, 0.2) is 0 Å². The van der Waals surface area contributed by atoms with Gasteiger partial charge in [-0.1, -0.05) is 0 Å². The van der Waals surface area contributed by atoms with Crippen LogP contribution in [0.25, 0.3) is 0 Å². The highest BCUT2D eigenvalue weighted by molar-refractivity contribution is 7.92. The van der Waals surface area contributed by atoms with Crippen LogP contribution < -0.4 is 4.72 Å². The molecule has 1 heterocycles. The highest BCUT2D eigenvalue weighted by Crippen LogP contribution is 2.17. The van der Waals surface area contributed by atoms with E-state index in [4.69, 9.17) is 5.26 Å². The summed E-state index contributed by atoms with van der Waals surface area (Å²) in [5.41, 5.74) is 1.43. The fourth-order valence-corrected chi connectivity index (χ4v) is 2.57. The Hall–Kier alpha value is -2.33. The number of benzene rings is 1. The predicted molar refractivity (Wildman–Crippen MR) is 65.3 cm³/mol. The van der Waals surface area contributed by atoms with E-state index in [-0.39, 0.29) is 4.90 Å². The van der Waals surface area contributed by atoms with E-state index in [1.54, 1.807) is 6.92 Å². The van der Waals surface area contributed by atoms with Crippen LogP contribution in [0.1, 0.15) is 11.1 Å². The Morgan fingerprint density at radius 3 is 2.78 bits per heavy atom. The van der Waals surface area contributed by atoms with Gasteiger partial charge in [-0.3, -0.25) is 9.82 Å². The highest BCUT2D eigenvalue weighted by Gasteiger charge is 2.15. The van der Waals surface area contributed by atoms with Crippen LogP contribution in [-0.2, 0) is 10.0 Å². The SMILES string of the molecule is Cc1cc(S(=O)(=O)Nc2cn[nH]c2)ccc1C#N. The third-order valence-electron chi connectivity index (χ3n) is 2.38. The van der Waals surface area contributed by atoms with Crippen LogP contribution in [0.2, 0.25) is 0 Å². The summed E-state index contributed by atoms with van der Waals surface area (Å²) < 4.78 is 26.4. The van der Waals surface area contributed by atoms with Crippen molar-refractivity contribution in [2.24, 2.45) is 0 Å². The average Bonchev–Trinajstić information content (AvgIpc) is 2.81. The number of aryl methyl sites for hydroxylation is 1. The maximum absolute atomic E-state index is 12.0. The van der Waals surface area contributed by atoms with Crippen LogP contribution in [0.4, 0.5) is 5.69 Å². The molecule has 2 rings (SSSR count). The molecule has 1 aromatic carbocycles. The third-order valence-corrected chi connectivity index (χ3v) is 3.76. The van der Waals surface area contributed by atoms with Gasteiger partial charge in [-0.2, -0.15) is 10.4 Å². The average molecular weight is 262 g/mol. The Balaban J connectivity index is 2.36. The van der Waals surface area contributed by atoms with Crippen LogP contribution in [0.15, 0.2) is 35.5 Å². The van der Waals surface area contributed by atoms with Gasteiger partial charge in [0.1, 0.15) is 0 Å². The minimum absolute atomic E-state index is 0.111. The summed E-state index contributed by atoms with van der Waals surface area (Å²) in [7, 11) is -3.65. The first kappa shape index (κ1) is 12.1. The predicted octanol–water partition coefficient (Wildman–Crippen LogP) is 1.39. The van der Waals surface area contributed by atoms with E-state index in [9.17, 15) is 8.42 Å². The first-order chi connectivity index (χ1) is 8.53. The summed E-state index contributed by atoms with van der Waals surface area (Å²) in [5.74, 6) is 0. The molecule has 0 fully saturated rings. The first-order valence-corrected chi connectivity index (χ1v) is 6.53. The zero-order valence-corrected chi connectivity index (χ0v) is 10.3. The summed E-state index contributed by atoms with van der Waals surface area (Å²) in [5, 5.41) is 15.0. The summed E-state index contributed by atoms with van der Waals surface area (Å²) >= 11 is 0. The number of sulfonamides is 1. The third kappa shape index (κ3) is 2.33. The molecule has 18 heavy (non-hydrogen) atoms. The van der Waals surface area contributed by atoms with Gasteiger partial charge in [0.25, 0.3) is 10.0 Å². The van der Waals surface area contributed by atoms with Gasteiger partial charge in [0.2, 0.25) is 0 Å². The monoisotopic (exact) mass is 262 g/mol. The van der Waals surface area contributed by atoms with Crippen molar-refractivity contribution in [2.45, 2.75) is 11.8 Å². The number of nitrogens with one attached hydrogen (secondary N) is 2. The molecule has 2 aromatic rings. The molecule has 7 heteroatoms. The summed E-state index contributed by atoms with van der Waals surface area (Å²) in [4.78, 5) is 0.111. The second kappa shape index (κ2) is 4.50. The Morgan fingerprint density at radius 1 is 1.44 bits per heavy atom. The van der Waals surface area contributed by atoms with Crippen molar-refractivity contribution in [3.8, 4) is 6.07 Å². The van der Waals surface area contributed by atoms with E-state index in [0.29, 0.717) is 16.8 Å². The molecule has 1 aromatic heterocycles.